The SMILES string of the molecule is CCc1nnc(-n2ccnc2)c(C(=O)O)c1CC. The fraction of sp³-hybridized carbons (Fsp3) is 0.333. The van der Waals surface area contributed by atoms with E-state index in [0.29, 0.717) is 18.7 Å². The second kappa shape index (κ2) is 4.95. The van der Waals surface area contributed by atoms with Crippen molar-refractivity contribution in [3.63, 3.8) is 0 Å². The third kappa shape index (κ3) is 1.97. The number of carboxylic acids is 1. The van der Waals surface area contributed by atoms with E-state index in [4.69, 9.17) is 0 Å². The minimum absolute atomic E-state index is 0.211. The molecule has 0 aliphatic carbocycles. The first-order chi connectivity index (χ1) is 8.69. The molecule has 2 aromatic rings. The molecule has 0 bridgehead atoms. The van der Waals surface area contributed by atoms with E-state index < -0.39 is 5.97 Å². The van der Waals surface area contributed by atoms with Crippen LogP contribution in [-0.4, -0.2) is 30.8 Å². The lowest BCUT2D eigenvalue weighted by molar-refractivity contribution is 0.0695. The third-order valence-electron chi connectivity index (χ3n) is 2.79. The summed E-state index contributed by atoms with van der Waals surface area (Å²) in [4.78, 5) is 15.4. The molecule has 94 valence electrons. The molecule has 1 N–H and O–H groups in total. The number of aryl methyl sites for hydroxylation is 1. The van der Waals surface area contributed by atoms with Gasteiger partial charge in [-0.2, -0.15) is 5.10 Å². The molecule has 0 aliphatic rings. The Bertz CT molecular complexity index is 564. The van der Waals surface area contributed by atoms with E-state index >= 15 is 0 Å². The molecule has 0 radical (unpaired) electrons. The summed E-state index contributed by atoms with van der Waals surface area (Å²) in [5.41, 5.74) is 1.69. The zero-order valence-corrected chi connectivity index (χ0v) is 10.3. The number of imidazole rings is 1. The van der Waals surface area contributed by atoms with Crippen molar-refractivity contribution in [3.8, 4) is 5.82 Å². The summed E-state index contributed by atoms with van der Waals surface area (Å²) in [5.74, 6) is -0.672. The van der Waals surface area contributed by atoms with Crippen molar-refractivity contribution in [2.45, 2.75) is 26.7 Å². The number of hydrogen-bond acceptors (Lipinski definition) is 4. The summed E-state index contributed by atoms with van der Waals surface area (Å²) in [6, 6.07) is 0. The van der Waals surface area contributed by atoms with Gasteiger partial charge in [0.05, 0.1) is 5.69 Å². The van der Waals surface area contributed by atoms with E-state index in [1.54, 1.807) is 17.0 Å². The van der Waals surface area contributed by atoms with Crippen LogP contribution in [0.5, 0.6) is 0 Å². The number of carboxylic acid groups (broad SMARTS) is 1. The van der Waals surface area contributed by atoms with Gasteiger partial charge in [0.15, 0.2) is 5.82 Å². The second-order valence-corrected chi connectivity index (χ2v) is 3.81. The van der Waals surface area contributed by atoms with Crippen LogP contribution >= 0.6 is 0 Å². The van der Waals surface area contributed by atoms with Crippen LogP contribution in [0.2, 0.25) is 0 Å². The first-order valence-electron chi connectivity index (χ1n) is 5.79. The van der Waals surface area contributed by atoms with Crippen molar-refractivity contribution in [1.29, 1.82) is 0 Å². The van der Waals surface area contributed by atoms with Gasteiger partial charge in [-0.05, 0) is 18.4 Å². The average Bonchev–Trinajstić information content (AvgIpc) is 2.90. The maximum atomic E-state index is 11.5. The zero-order valence-electron chi connectivity index (χ0n) is 10.3. The van der Waals surface area contributed by atoms with Crippen LogP contribution in [-0.2, 0) is 12.8 Å². The summed E-state index contributed by atoms with van der Waals surface area (Å²) < 4.78 is 1.56. The van der Waals surface area contributed by atoms with Crippen molar-refractivity contribution in [3.05, 3.63) is 35.5 Å². The Kier molecular flexibility index (Phi) is 3.36. The lowest BCUT2D eigenvalue weighted by Gasteiger charge is -2.12. The van der Waals surface area contributed by atoms with Crippen molar-refractivity contribution >= 4 is 5.97 Å². The molecule has 0 aromatic carbocycles. The van der Waals surface area contributed by atoms with Gasteiger partial charge in [-0.3, -0.25) is 4.57 Å². The summed E-state index contributed by atoms with van der Waals surface area (Å²) in [7, 11) is 0. The third-order valence-corrected chi connectivity index (χ3v) is 2.79. The monoisotopic (exact) mass is 246 g/mol. The van der Waals surface area contributed by atoms with E-state index in [0.717, 1.165) is 11.3 Å². The number of carbonyl (C=O) groups is 1. The van der Waals surface area contributed by atoms with Gasteiger partial charge in [0.2, 0.25) is 0 Å². The van der Waals surface area contributed by atoms with Gasteiger partial charge in [0, 0.05) is 12.4 Å². The second-order valence-electron chi connectivity index (χ2n) is 3.81. The zero-order chi connectivity index (χ0) is 13.1. The highest BCUT2D eigenvalue weighted by molar-refractivity contribution is 5.93. The van der Waals surface area contributed by atoms with Gasteiger partial charge >= 0.3 is 5.97 Å². The summed E-state index contributed by atoms with van der Waals surface area (Å²) >= 11 is 0. The highest BCUT2D eigenvalue weighted by Gasteiger charge is 2.21. The summed E-state index contributed by atoms with van der Waals surface area (Å²) in [6.07, 6.45) is 6.03. The van der Waals surface area contributed by atoms with Gasteiger partial charge < -0.3 is 5.11 Å². The number of aromatic nitrogens is 4. The minimum atomic E-state index is -0.986. The normalized spacial score (nSPS) is 10.6. The molecule has 0 saturated carbocycles. The summed E-state index contributed by atoms with van der Waals surface area (Å²) in [6.45, 7) is 3.85. The van der Waals surface area contributed by atoms with E-state index in [1.165, 1.54) is 6.33 Å². The molecular formula is C12H14N4O2. The molecule has 2 aromatic heterocycles. The molecule has 0 saturated heterocycles. The molecule has 0 atom stereocenters. The maximum absolute atomic E-state index is 11.5. The Balaban J connectivity index is 2.71. The molecule has 6 nitrogen and oxygen atoms in total. The standard InChI is InChI=1S/C12H14N4O2/c1-3-8-9(4-2)14-15-11(10(8)12(17)18)16-6-5-13-7-16/h5-7H,3-4H2,1-2H3,(H,17,18). The smallest absolute Gasteiger partial charge is 0.339 e. The van der Waals surface area contributed by atoms with Gasteiger partial charge in [0.1, 0.15) is 11.9 Å². The maximum Gasteiger partial charge on any atom is 0.339 e. The van der Waals surface area contributed by atoms with E-state index in [-0.39, 0.29) is 5.56 Å². The van der Waals surface area contributed by atoms with Gasteiger partial charge in [-0.15, -0.1) is 5.10 Å². The van der Waals surface area contributed by atoms with Crippen molar-refractivity contribution in [2.75, 3.05) is 0 Å². The van der Waals surface area contributed by atoms with Gasteiger partial charge in [-0.1, -0.05) is 13.8 Å². The van der Waals surface area contributed by atoms with E-state index in [9.17, 15) is 9.90 Å². The number of nitrogens with zero attached hydrogens (tertiary/aromatic N) is 4. The Hall–Kier alpha value is -2.24. The topological polar surface area (TPSA) is 80.9 Å². The van der Waals surface area contributed by atoms with E-state index in [1.807, 2.05) is 13.8 Å². The van der Waals surface area contributed by atoms with E-state index in [2.05, 4.69) is 15.2 Å². The van der Waals surface area contributed by atoms with Crippen LogP contribution in [0.1, 0.15) is 35.5 Å². The lowest BCUT2D eigenvalue weighted by atomic mass is 10.0. The van der Waals surface area contributed by atoms with Crippen LogP contribution in [0.3, 0.4) is 0 Å². The fourth-order valence-electron chi connectivity index (χ4n) is 1.95. The lowest BCUT2D eigenvalue weighted by Crippen LogP contribution is -2.14. The van der Waals surface area contributed by atoms with Crippen LogP contribution in [0.15, 0.2) is 18.7 Å². The number of hydrogen-bond donors (Lipinski definition) is 1. The van der Waals surface area contributed by atoms with Crippen LogP contribution in [0.25, 0.3) is 5.82 Å². The van der Waals surface area contributed by atoms with Gasteiger partial charge in [-0.25, -0.2) is 9.78 Å². The van der Waals surface area contributed by atoms with Crippen molar-refractivity contribution < 1.29 is 9.90 Å². The molecule has 0 aliphatic heterocycles. The van der Waals surface area contributed by atoms with Crippen LogP contribution in [0, 0.1) is 0 Å². The first kappa shape index (κ1) is 12.2. The molecular weight excluding hydrogens is 232 g/mol. The number of rotatable bonds is 4. The largest absolute Gasteiger partial charge is 0.478 e. The first-order valence-corrected chi connectivity index (χ1v) is 5.79. The van der Waals surface area contributed by atoms with Crippen LogP contribution < -0.4 is 0 Å². The number of aromatic carboxylic acids is 1. The molecule has 0 unspecified atom stereocenters. The summed E-state index contributed by atoms with van der Waals surface area (Å²) in [5, 5.41) is 17.5. The van der Waals surface area contributed by atoms with Crippen molar-refractivity contribution in [2.24, 2.45) is 0 Å². The minimum Gasteiger partial charge on any atom is -0.478 e. The Labute approximate surface area is 104 Å². The Morgan fingerprint density at radius 2 is 2.11 bits per heavy atom. The highest BCUT2D eigenvalue weighted by Crippen LogP contribution is 2.20. The fourth-order valence-corrected chi connectivity index (χ4v) is 1.95. The predicted molar refractivity (Wildman–Crippen MR) is 64.9 cm³/mol. The molecule has 18 heavy (non-hydrogen) atoms. The molecule has 0 fully saturated rings. The molecule has 0 amide bonds. The Morgan fingerprint density at radius 3 is 2.61 bits per heavy atom. The molecule has 2 rings (SSSR count). The van der Waals surface area contributed by atoms with Gasteiger partial charge in [0.25, 0.3) is 0 Å². The van der Waals surface area contributed by atoms with Crippen LogP contribution in [0.4, 0.5) is 0 Å². The molecule has 2 heterocycles. The quantitative estimate of drug-likeness (QED) is 0.883. The van der Waals surface area contributed by atoms with Crippen molar-refractivity contribution in [1.82, 2.24) is 19.7 Å². The highest BCUT2D eigenvalue weighted by atomic mass is 16.4. The molecule has 6 heteroatoms. The molecule has 0 spiro atoms. The Morgan fingerprint density at radius 1 is 1.33 bits per heavy atom. The predicted octanol–water partition coefficient (Wildman–Crippen LogP) is 1.49. The average molecular weight is 246 g/mol.